The van der Waals surface area contributed by atoms with Crippen LogP contribution in [0, 0.1) is 11.8 Å². The first kappa shape index (κ1) is 18.4. The molecule has 3 heteroatoms. The van der Waals surface area contributed by atoms with Crippen LogP contribution in [0.1, 0.15) is 79.1 Å². The van der Waals surface area contributed by atoms with Crippen LogP contribution in [0.15, 0.2) is 5.16 Å². The maximum atomic E-state index is 10.4. The highest BCUT2D eigenvalue weighted by Gasteiger charge is 2.20. The predicted molar refractivity (Wildman–Crippen MR) is 81.8 cm³/mol. The highest BCUT2D eigenvalue weighted by molar-refractivity contribution is 5.81. The molecule has 3 unspecified atom stereocenters. The van der Waals surface area contributed by atoms with Gasteiger partial charge in [0.05, 0.1) is 11.8 Å². The normalized spacial score (nSPS) is 17.2. The molecule has 0 saturated heterocycles. The Morgan fingerprint density at radius 1 is 1.11 bits per heavy atom. The van der Waals surface area contributed by atoms with Crippen LogP contribution in [-0.4, -0.2) is 22.1 Å². The molecule has 0 aliphatic heterocycles. The zero-order chi connectivity index (χ0) is 14.7. The summed E-state index contributed by atoms with van der Waals surface area (Å²) >= 11 is 0. The second-order valence-electron chi connectivity index (χ2n) is 5.76. The van der Waals surface area contributed by atoms with Gasteiger partial charge in [0.2, 0.25) is 0 Å². The molecule has 0 fully saturated rings. The number of aliphatic hydroxyl groups excluding tert-OH is 1. The number of nitrogens with zero attached hydrogens (tertiary/aromatic N) is 1. The molecule has 0 aromatic carbocycles. The van der Waals surface area contributed by atoms with E-state index in [1.807, 2.05) is 6.92 Å². The number of aliphatic hydroxyl groups is 1. The molecule has 0 spiro atoms. The SMILES string of the molecule is CCCCC(CC)C(O)CC(CC)CCC(C)=NO. The van der Waals surface area contributed by atoms with Gasteiger partial charge in [-0.25, -0.2) is 0 Å². The van der Waals surface area contributed by atoms with Crippen molar-refractivity contribution in [2.24, 2.45) is 17.0 Å². The summed E-state index contributed by atoms with van der Waals surface area (Å²) in [6, 6.07) is 0. The summed E-state index contributed by atoms with van der Waals surface area (Å²) in [6.07, 6.45) is 8.25. The first-order chi connectivity index (χ1) is 9.08. The molecule has 2 N–H and O–H groups in total. The fourth-order valence-electron chi connectivity index (χ4n) is 2.62. The van der Waals surface area contributed by atoms with Crippen LogP contribution in [0.5, 0.6) is 0 Å². The van der Waals surface area contributed by atoms with Crippen LogP contribution in [0.4, 0.5) is 0 Å². The minimum Gasteiger partial charge on any atom is -0.411 e. The topological polar surface area (TPSA) is 52.8 Å². The Labute approximate surface area is 119 Å². The van der Waals surface area contributed by atoms with E-state index in [-0.39, 0.29) is 6.10 Å². The summed E-state index contributed by atoms with van der Waals surface area (Å²) in [5.74, 6) is 0.976. The van der Waals surface area contributed by atoms with E-state index in [0.29, 0.717) is 11.8 Å². The summed E-state index contributed by atoms with van der Waals surface area (Å²) in [6.45, 7) is 8.40. The molecule has 0 rings (SSSR count). The molecule has 0 aromatic heterocycles. The third-order valence-electron chi connectivity index (χ3n) is 4.23. The molecule has 0 aliphatic rings. The van der Waals surface area contributed by atoms with E-state index < -0.39 is 0 Å². The summed E-state index contributed by atoms with van der Waals surface area (Å²) in [5, 5.41) is 22.3. The predicted octanol–water partition coefficient (Wildman–Crippen LogP) is 4.61. The molecule has 3 nitrogen and oxygen atoms in total. The quantitative estimate of drug-likeness (QED) is 0.327. The molecular weight excluding hydrogens is 238 g/mol. The van der Waals surface area contributed by atoms with E-state index in [9.17, 15) is 5.11 Å². The second-order valence-corrected chi connectivity index (χ2v) is 5.76. The Morgan fingerprint density at radius 2 is 1.79 bits per heavy atom. The summed E-state index contributed by atoms with van der Waals surface area (Å²) in [5.41, 5.74) is 0.783. The van der Waals surface area contributed by atoms with E-state index in [1.54, 1.807) is 0 Å². The van der Waals surface area contributed by atoms with Crippen molar-refractivity contribution in [3.63, 3.8) is 0 Å². The summed E-state index contributed by atoms with van der Waals surface area (Å²) in [7, 11) is 0. The van der Waals surface area contributed by atoms with Gasteiger partial charge in [-0.05, 0) is 44.4 Å². The minimum absolute atomic E-state index is 0.173. The smallest absolute Gasteiger partial charge is 0.0570 e. The first-order valence-corrected chi connectivity index (χ1v) is 7.94. The maximum Gasteiger partial charge on any atom is 0.0570 e. The number of hydrogen-bond donors (Lipinski definition) is 2. The number of oxime groups is 1. The van der Waals surface area contributed by atoms with Gasteiger partial charge in [-0.1, -0.05) is 51.6 Å². The van der Waals surface area contributed by atoms with Crippen molar-refractivity contribution in [3.05, 3.63) is 0 Å². The zero-order valence-corrected chi connectivity index (χ0v) is 13.2. The largest absolute Gasteiger partial charge is 0.411 e. The molecule has 0 bridgehead atoms. The average molecular weight is 271 g/mol. The van der Waals surface area contributed by atoms with Crippen molar-refractivity contribution >= 4 is 5.71 Å². The van der Waals surface area contributed by atoms with Gasteiger partial charge in [0.15, 0.2) is 0 Å². The van der Waals surface area contributed by atoms with Crippen molar-refractivity contribution in [2.45, 2.75) is 85.2 Å². The van der Waals surface area contributed by atoms with Crippen LogP contribution < -0.4 is 0 Å². The van der Waals surface area contributed by atoms with Crippen LogP contribution in [0.3, 0.4) is 0 Å². The van der Waals surface area contributed by atoms with E-state index >= 15 is 0 Å². The van der Waals surface area contributed by atoms with Gasteiger partial charge in [-0.15, -0.1) is 0 Å². The third-order valence-corrected chi connectivity index (χ3v) is 4.23. The van der Waals surface area contributed by atoms with Crippen molar-refractivity contribution in [3.8, 4) is 0 Å². The standard InChI is InChI=1S/C16H33NO2/c1-5-8-9-15(7-3)16(18)12-14(6-2)11-10-13(4)17-19/h14-16,18-19H,5-12H2,1-4H3. The lowest BCUT2D eigenvalue weighted by Gasteiger charge is -2.25. The Kier molecular flexibility index (Phi) is 10.9. The van der Waals surface area contributed by atoms with Crippen LogP contribution in [0.25, 0.3) is 0 Å². The number of unbranched alkanes of at least 4 members (excludes halogenated alkanes) is 1. The second kappa shape index (κ2) is 11.3. The molecule has 0 aromatic rings. The minimum atomic E-state index is -0.173. The fourth-order valence-corrected chi connectivity index (χ4v) is 2.62. The summed E-state index contributed by atoms with van der Waals surface area (Å²) < 4.78 is 0. The van der Waals surface area contributed by atoms with Gasteiger partial charge in [0, 0.05) is 0 Å². The van der Waals surface area contributed by atoms with Crippen molar-refractivity contribution in [2.75, 3.05) is 0 Å². The lowest BCUT2D eigenvalue weighted by molar-refractivity contribution is 0.0718. The summed E-state index contributed by atoms with van der Waals surface area (Å²) in [4.78, 5) is 0. The zero-order valence-electron chi connectivity index (χ0n) is 13.2. The first-order valence-electron chi connectivity index (χ1n) is 7.94. The van der Waals surface area contributed by atoms with Crippen molar-refractivity contribution in [1.29, 1.82) is 0 Å². The van der Waals surface area contributed by atoms with Gasteiger partial charge in [0.25, 0.3) is 0 Å². The molecule has 114 valence electrons. The average Bonchev–Trinajstić information content (AvgIpc) is 2.43. The van der Waals surface area contributed by atoms with Crippen LogP contribution in [-0.2, 0) is 0 Å². The monoisotopic (exact) mass is 271 g/mol. The van der Waals surface area contributed by atoms with Gasteiger partial charge in [-0.3, -0.25) is 0 Å². The molecule has 0 aliphatic carbocycles. The van der Waals surface area contributed by atoms with E-state index in [0.717, 1.165) is 44.2 Å². The lowest BCUT2D eigenvalue weighted by atomic mass is 9.85. The van der Waals surface area contributed by atoms with Crippen molar-refractivity contribution < 1.29 is 10.3 Å². The Morgan fingerprint density at radius 3 is 2.26 bits per heavy atom. The molecule has 0 saturated carbocycles. The van der Waals surface area contributed by atoms with Gasteiger partial charge >= 0.3 is 0 Å². The Hall–Kier alpha value is -0.570. The molecule has 19 heavy (non-hydrogen) atoms. The third kappa shape index (κ3) is 8.25. The fraction of sp³-hybridized carbons (Fsp3) is 0.938. The van der Waals surface area contributed by atoms with Crippen LogP contribution >= 0.6 is 0 Å². The van der Waals surface area contributed by atoms with E-state index in [2.05, 4.69) is 25.9 Å². The van der Waals surface area contributed by atoms with Crippen LogP contribution in [0.2, 0.25) is 0 Å². The molecule has 0 radical (unpaired) electrons. The van der Waals surface area contributed by atoms with E-state index in [1.165, 1.54) is 12.8 Å². The van der Waals surface area contributed by atoms with E-state index in [4.69, 9.17) is 5.21 Å². The van der Waals surface area contributed by atoms with Gasteiger partial charge in [0.1, 0.15) is 0 Å². The molecule has 3 atom stereocenters. The highest BCUT2D eigenvalue weighted by atomic mass is 16.4. The Balaban J connectivity index is 4.18. The lowest BCUT2D eigenvalue weighted by Crippen LogP contribution is -2.23. The molecular formula is C16H33NO2. The molecule has 0 heterocycles. The maximum absolute atomic E-state index is 10.4. The number of rotatable bonds is 11. The molecule has 0 amide bonds. The van der Waals surface area contributed by atoms with Gasteiger partial charge in [-0.2, -0.15) is 0 Å². The van der Waals surface area contributed by atoms with Crippen molar-refractivity contribution in [1.82, 2.24) is 0 Å². The highest BCUT2D eigenvalue weighted by Crippen LogP contribution is 2.25. The Bertz CT molecular complexity index is 241. The number of hydrogen-bond acceptors (Lipinski definition) is 3. The van der Waals surface area contributed by atoms with Gasteiger partial charge < -0.3 is 10.3 Å².